The molecule has 0 aliphatic carbocycles. The molecule has 2 N–H and O–H groups in total. The topological polar surface area (TPSA) is 83.6 Å². The highest BCUT2D eigenvalue weighted by molar-refractivity contribution is 5.90. The van der Waals surface area contributed by atoms with Gasteiger partial charge in [0, 0.05) is 12.3 Å². The van der Waals surface area contributed by atoms with E-state index in [1.54, 1.807) is 6.92 Å². The molecule has 1 rings (SSSR count). The zero-order chi connectivity index (χ0) is 13.5. The van der Waals surface area contributed by atoms with Crippen molar-refractivity contribution in [2.24, 2.45) is 0 Å². The minimum Gasteiger partial charge on any atom is -0.487 e. The zero-order valence-corrected chi connectivity index (χ0v) is 10.6. The maximum atomic E-state index is 11.7. The summed E-state index contributed by atoms with van der Waals surface area (Å²) in [4.78, 5) is 23.4. The van der Waals surface area contributed by atoms with E-state index in [2.05, 4.69) is 0 Å². The van der Waals surface area contributed by atoms with Gasteiger partial charge in [0.25, 0.3) is 0 Å². The number of hydrogen-bond acceptors (Lipinski definition) is 5. The highest BCUT2D eigenvalue weighted by Gasteiger charge is 2.20. The molecule has 0 unspecified atom stereocenters. The van der Waals surface area contributed by atoms with Crippen LogP contribution in [-0.2, 0) is 4.74 Å². The standard InChI is InChI=1S/C12H18N2O4/c1-3-5-8-18-11-9(15)6-7-14(13)10(11)12(16)17-4-2/h6-7H,3-5,8,13H2,1-2H3. The highest BCUT2D eigenvalue weighted by Crippen LogP contribution is 2.13. The minimum absolute atomic E-state index is 0.0492. The third-order valence-corrected chi connectivity index (χ3v) is 2.30. The number of hydrogen-bond donors (Lipinski definition) is 1. The van der Waals surface area contributed by atoms with Crippen molar-refractivity contribution >= 4 is 5.97 Å². The van der Waals surface area contributed by atoms with Crippen molar-refractivity contribution in [3.05, 3.63) is 28.2 Å². The monoisotopic (exact) mass is 254 g/mol. The van der Waals surface area contributed by atoms with E-state index in [-0.39, 0.29) is 23.5 Å². The number of nitrogens with zero attached hydrogens (tertiary/aromatic N) is 1. The van der Waals surface area contributed by atoms with Crippen molar-refractivity contribution in [1.82, 2.24) is 4.68 Å². The van der Waals surface area contributed by atoms with Crippen molar-refractivity contribution in [3.8, 4) is 5.75 Å². The van der Waals surface area contributed by atoms with Gasteiger partial charge in [0.1, 0.15) is 0 Å². The summed E-state index contributed by atoms with van der Waals surface area (Å²) < 4.78 is 11.2. The molecule has 1 aromatic heterocycles. The number of unbranched alkanes of at least 4 members (excludes halogenated alkanes) is 1. The lowest BCUT2D eigenvalue weighted by Gasteiger charge is -2.12. The lowest BCUT2D eigenvalue weighted by atomic mass is 10.3. The van der Waals surface area contributed by atoms with Gasteiger partial charge in [-0.25, -0.2) is 4.79 Å². The Morgan fingerprint density at radius 3 is 2.78 bits per heavy atom. The van der Waals surface area contributed by atoms with Crippen molar-refractivity contribution in [1.29, 1.82) is 0 Å². The Kier molecular flexibility index (Phi) is 5.23. The summed E-state index contributed by atoms with van der Waals surface area (Å²) in [6.07, 6.45) is 3.03. The molecule has 0 aliphatic rings. The Morgan fingerprint density at radius 1 is 1.44 bits per heavy atom. The lowest BCUT2D eigenvalue weighted by molar-refractivity contribution is 0.0509. The van der Waals surface area contributed by atoms with Crippen LogP contribution in [0.3, 0.4) is 0 Å². The summed E-state index contributed by atoms with van der Waals surface area (Å²) in [6.45, 7) is 4.25. The van der Waals surface area contributed by atoms with E-state index < -0.39 is 5.97 Å². The predicted molar refractivity (Wildman–Crippen MR) is 67.2 cm³/mol. The molecule has 0 amide bonds. The molecule has 0 atom stereocenters. The summed E-state index contributed by atoms with van der Waals surface area (Å²) in [5.41, 5.74) is -0.434. The summed E-state index contributed by atoms with van der Waals surface area (Å²) >= 11 is 0. The highest BCUT2D eigenvalue weighted by atomic mass is 16.5. The van der Waals surface area contributed by atoms with E-state index >= 15 is 0 Å². The van der Waals surface area contributed by atoms with Gasteiger partial charge in [-0.1, -0.05) is 13.3 Å². The normalized spacial score (nSPS) is 10.1. The quantitative estimate of drug-likeness (QED) is 0.463. The molecular weight excluding hydrogens is 236 g/mol. The van der Waals surface area contributed by atoms with Crippen molar-refractivity contribution in [2.45, 2.75) is 26.7 Å². The van der Waals surface area contributed by atoms with Gasteiger partial charge in [0.05, 0.1) is 13.2 Å². The van der Waals surface area contributed by atoms with Crippen molar-refractivity contribution in [3.63, 3.8) is 0 Å². The van der Waals surface area contributed by atoms with Gasteiger partial charge in [-0.15, -0.1) is 0 Å². The van der Waals surface area contributed by atoms with Gasteiger partial charge >= 0.3 is 5.97 Å². The number of ether oxygens (including phenoxy) is 2. The molecule has 0 spiro atoms. The van der Waals surface area contributed by atoms with Crippen LogP contribution < -0.4 is 16.0 Å². The maximum absolute atomic E-state index is 11.7. The third-order valence-electron chi connectivity index (χ3n) is 2.30. The molecule has 0 saturated carbocycles. The van der Waals surface area contributed by atoms with Crippen LogP contribution in [0.1, 0.15) is 37.2 Å². The molecule has 0 saturated heterocycles. The van der Waals surface area contributed by atoms with E-state index in [0.29, 0.717) is 6.61 Å². The lowest BCUT2D eigenvalue weighted by Crippen LogP contribution is -2.26. The van der Waals surface area contributed by atoms with Gasteiger partial charge in [-0.2, -0.15) is 0 Å². The summed E-state index contributed by atoms with van der Waals surface area (Å²) in [7, 11) is 0. The number of nitrogens with two attached hydrogens (primary N) is 1. The first kappa shape index (κ1) is 14.1. The summed E-state index contributed by atoms with van der Waals surface area (Å²) in [5, 5.41) is 0. The van der Waals surface area contributed by atoms with Gasteiger partial charge in [0.2, 0.25) is 5.43 Å². The fourth-order valence-corrected chi connectivity index (χ4v) is 1.39. The molecule has 0 fully saturated rings. The number of pyridine rings is 1. The van der Waals surface area contributed by atoms with E-state index in [1.165, 1.54) is 12.3 Å². The van der Waals surface area contributed by atoms with Crippen LogP contribution in [0.4, 0.5) is 0 Å². The molecule has 6 nitrogen and oxygen atoms in total. The number of rotatable bonds is 6. The molecule has 1 heterocycles. The Hall–Kier alpha value is -1.98. The fraction of sp³-hybridized carbons (Fsp3) is 0.500. The van der Waals surface area contributed by atoms with E-state index in [0.717, 1.165) is 17.5 Å². The number of carbonyl (C=O) groups excluding carboxylic acids is 1. The van der Waals surface area contributed by atoms with Crippen molar-refractivity contribution < 1.29 is 14.3 Å². The molecular formula is C12H18N2O4. The Bertz CT molecular complexity index is 468. The summed E-state index contributed by atoms with van der Waals surface area (Å²) in [6, 6.07) is 1.25. The summed E-state index contributed by atoms with van der Waals surface area (Å²) in [5.74, 6) is 4.91. The second kappa shape index (κ2) is 6.68. The maximum Gasteiger partial charge on any atom is 0.360 e. The molecule has 0 aliphatic heterocycles. The zero-order valence-electron chi connectivity index (χ0n) is 10.6. The Balaban J connectivity index is 3.08. The minimum atomic E-state index is -0.663. The average molecular weight is 254 g/mol. The van der Waals surface area contributed by atoms with Crippen LogP contribution in [0.15, 0.2) is 17.1 Å². The second-order valence-electron chi connectivity index (χ2n) is 3.69. The Labute approximate surface area is 105 Å². The van der Waals surface area contributed by atoms with Gasteiger partial charge < -0.3 is 15.3 Å². The second-order valence-corrected chi connectivity index (χ2v) is 3.69. The Morgan fingerprint density at radius 2 is 2.17 bits per heavy atom. The van der Waals surface area contributed by atoms with Crippen LogP contribution in [0.5, 0.6) is 5.75 Å². The molecule has 18 heavy (non-hydrogen) atoms. The predicted octanol–water partition coefficient (Wildman–Crippen LogP) is 0.918. The molecule has 100 valence electrons. The number of esters is 1. The number of nitrogen functional groups attached to an aromatic ring is 1. The average Bonchev–Trinajstić information content (AvgIpc) is 2.34. The largest absolute Gasteiger partial charge is 0.487 e. The molecule has 6 heteroatoms. The fourth-order valence-electron chi connectivity index (χ4n) is 1.39. The van der Waals surface area contributed by atoms with Crippen LogP contribution in [-0.4, -0.2) is 23.9 Å². The van der Waals surface area contributed by atoms with E-state index in [4.69, 9.17) is 15.3 Å². The smallest absolute Gasteiger partial charge is 0.360 e. The van der Waals surface area contributed by atoms with Crippen LogP contribution in [0, 0.1) is 0 Å². The number of aromatic nitrogens is 1. The van der Waals surface area contributed by atoms with E-state index in [9.17, 15) is 9.59 Å². The van der Waals surface area contributed by atoms with Gasteiger partial charge in [0.15, 0.2) is 11.4 Å². The van der Waals surface area contributed by atoms with Crippen LogP contribution in [0.25, 0.3) is 0 Å². The molecule has 0 aromatic carbocycles. The van der Waals surface area contributed by atoms with Gasteiger partial charge in [-0.3, -0.25) is 9.47 Å². The van der Waals surface area contributed by atoms with Crippen LogP contribution >= 0.6 is 0 Å². The first-order chi connectivity index (χ1) is 8.61. The third kappa shape index (κ3) is 3.26. The van der Waals surface area contributed by atoms with Crippen molar-refractivity contribution in [2.75, 3.05) is 19.1 Å². The molecule has 1 aromatic rings. The first-order valence-electron chi connectivity index (χ1n) is 5.92. The first-order valence-corrected chi connectivity index (χ1v) is 5.92. The number of carbonyl (C=O) groups is 1. The van der Waals surface area contributed by atoms with Gasteiger partial charge in [-0.05, 0) is 13.3 Å². The molecule has 0 radical (unpaired) electrons. The van der Waals surface area contributed by atoms with E-state index in [1.807, 2.05) is 6.92 Å². The molecule has 0 bridgehead atoms. The van der Waals surface area contributed by atoms with Crippen LogP contribution in [0.2, 0.25) is 0 Å². The SMILES string of the molecule is CCCCOc1c(C(=O)OCC)n(N)ccc1=O.